The van der Waals surface area contributed by atoms with Crippen LogP contribution in [0.3, 0.4) is 0 Å². The summed E-state index contributed by atoms with van der Waals surface area (Å²) in [6.45, 7) is 3.47. The molecule has 0 radical (unpaired) electrons. The molecule has 0 amide bonds. The molecule has 1 fully saturated rings. The van der Waals surface area contributed by atoms with E-state index in [1.54, 1.807) is 12.1 Å². The van der Waals surface area contributed by atoms with E-state index in [-0.39, 0.29) is 5.82 Å². The molecule has 0 spiro atoms. The first kappa shape index (κ1) is 20.8. The summed E-state index contributed by atoms with van der Waals surface area (Å²) in [4.78, 5) is 7.07. The minimum Gasteiger partial charge on any atom is -0.487 e. The van der Waals surface area contributed by atoms with Crippen LogP contribution in [0.25, 0.3) is 0 Å². The lowest BCUT2D eigenvalue weighted by molar-refractivity contribution is 0.310. The summed E-state index contributed by atoms with van der Waals surface area (Å²) in [7, 11) is 4.16. The van der Waals surface area contributed by atoms with Crippen molar-refractivity contribution in [2.75, 3.05) is 43.5 Å². The number of ether oxygens (including phenoxy) is 1. The van der Waals surface area contributed by atoms with Gasteiger partial charge in [-0.25, -0.2) is 4.39 Å². The maximum absolute atomic E-state index is 14.0. The average Bonchev–Trinajstić information content (AvgIpc) is 3.20. The van der Waals surface area contributed by atoms with Crippen LogP contribution in [0, 0.1) is 5.82 Å². The molecular weight excluding hydrogens is 401 g/mol. The summed E-state index contributed by atoms with van der Waals surface area (Å²) in [5.74, 6) is 0.648. The molecule has 5 rings (SSSR count). The number of fused-ring (bicyclic) bond motifs is 2. The van der Waals surface area contributed by atoms with Gasteiger partial charge < -0.3 is 19.4 Å². The van der Waals surface area contributed by atoms with Crippen molar-refractivity contribution in [2.45, 2.75) is 25.5 Å². The quantitative estimate of drug-likeness (QED) is 0.550. The van der Waals surface area contributed by atoms with Crippen molar-refractivity contribution in [3.05, 3.63) is 83.7 Å². The Kier molecular flexibility index (Phi) is 5.75. The average molecular weight is 432 g/mol. The summed E-state index contributed by atoms with van der Waals surface area (Å²) >= 11 is 0. The van der Waals surface area contributed by atoms with Crippen LogP contribution in [0.5, 0.6) is 5.75 Å². The fourth-order valence-electron chi connectivity index (χ4n) is 4.87. The third-order valence-corrected chi connectivity index (χ3v) is 6.57. The third kappa shape index (κ3) is 4.17. The van der Waals surface area contributed by atoms with Gasteiger partial charge in [0.15, 0.2) is 0 Å². The number of hydrogen-bond acceptors (Lipinski definition) is 4. The van der Waals surface area contributed by atoms with Crippen molar-refractivity contribution >= 4 is 17.1 Å². The van der Waals surface area contributed by atoms with Gasteiger partial charge in [-0.1, -0.05) is 24.3 Å². The number of hydrogen-bond donors (Lipinski definition) is 0. The monoisotopic (exact) mass is 431 g/mol. The van der Waals surface area contributed by atoms with Crippen LogP contribution >= 0.6 is 0 Å². The van der Waals surface area contributed by atoms with E-state index in [9.17, 15) is 4.39 Å². The molecule has 0 bridgehead atoms. The molecule has 1 saturated heterocycles. The Morgan fingerprint density at radius 1 is 1.00 bits per heavy atom. The zero-order chi connectivity index (χ0) is 22.1. The molecule has 0 saturated carbocycles. The van der Waals surface area contributed by atoms with Gasteiger partial charge in [-0.05, 0) is 60.9 Å². The SMILES string of the molecule is CN(C)c1cccc(CCN2CCC(N3c4ccc(F)cc4COc4ccccc43)C2)c1. The molecule has 32 heavy (non-hydrogen) atoms. The predicted octanol–water partition coefficient (Wildman–Crippen LogP) is 5.24. The molecule has 2 heterocycles. The van der Waals surface area contributed by atoms with E-state index < -0.39 is 0 Å². The molecule has 5 heteroatoms. The number of likely N-dealkylation sites (tertiary alicyclic amines) is 1. The summed E-state index contributed by atoms with van der Waals surface area (Å²) in [5.41, 5.74) is 5.64. The molecule has 0 aromatic heterocycles. The van der Waals surface area contributed by atoms with Crippen LogP contribution in [0.4, 0.5) is 21.5 Å². The highest BCUT2D eigenvalue weighted by atomic mass is 19.1. The van der Waals surface area contributed by atoms with Crippen molar-refractivity contribution in [1.29, 1.82) is 0 Å². The van der Waals surface area contributed by atoms with E-state index in [1.165, 1.54) is 11.3 Å². The first-order chi connectivity index (χ1) is 15.6. The Morgan fingerprint density at radius 2 is 1.88 bits per heavy atom. The van der Waals surface area contributed by atoms with E-state index >= 15 is 0 Å². The summed E-state index contributed by atoms with van der Waals surface area (Å²) in [6.07, 6.45) is 2.11. The van der Waals surface area contributed by atoms with Crippen molar-refractivity contribution in [1.82, 2.24) is 4.90 Å². The zero-order valence-electron chi connectivity index (χ0n) is 18.8. The molecule has 3 aromatic rings. The number of rotatable bonds is 5. The largest absolute Gasteiger partial charge is 0.487 e. The number of nitrogens with zero attached hydrogens (tertiary/aromatic N) is 3. The summed E-state index contributed by atoms with van der Waals surface area (Å²) < 4.78 is 20.0. The van der Waals surface area contributed by atoms with Gasteiger partial charge >= 0.3 is 0 Å². The molecule has 1 atom stereocenters. The molecule has 2 aliphatic rings. The van der Waals surface area contributed by atoms with Gasteiger partial charge in [-0.15, -0.1) is 0 Å². The Bertz CT molecular complexity index is 1100. The fourth-order valence-corrected chi connectivity index (χ4v) is 4.87. The molecular formula is C27H30FN3O. The Morgan fingerprint density at radius 3 is 2.75 bits per heavy atom. The van der Waals surface area contributed by atoms with Gasteiger partial charge in [0.05, 0.1) is 5.69 Å². The summed E-state index contributed by atoms with van der Waals surface area (Å²) in [5, 5.41) is 0. The van der Waals surface area contributed by atoms with Crippen molar-refractivity contribution in [3.63, 3.8) is 0 Å². The minimum absolute atomic E-state index is 0.216. The van der Waals surface area contributed by atoms with Crippen LogP contribution in [0.1, 0.15) is 17.5 Å². The van der Waals surface area contributed by atoms with E-state index in [2.05, 4.69) is 59.1 Å². The maximum Gasteiger partial charge on any atom is 0.143 e. The highest BCUT2D eigenvalue weighted by Gasteiger charge is 2.32. The third-order valence-electron chi connectivity index (χ3n) is 6.57. The van der Waals surface area contributed by atoms with Gasteiger partial charge in [0.25, 0.3) is 0 Å². The molecule has 166 valence electrons. The molecule has 1 unspecified atom stereocenters. The lowest BCUT2D eigenvalue weighted by Crippen LogP contribution is -2.35. The van der Waals surface area contributed by atoms with Crippen LogP contribution in [0.15, 0.2) is 66.7 Å². The second kappa shape index (κ2) is 8.83. The standard InChI is InChI=1S/C27H30FN3O/c1-29(2)23-7-5-6-20(16-23)12-14-30-15-13-24(18-30)31-25-11-10-22(28)17-21(25)19-32-27-9-4-3-8-26(27)31/h3-11,16-17,24H,12-15,18-19H2,1-2H3. The Labute approximate surface area is 189 Å². The number of anilines is 3. The van der Waals surface area contributed by atoms with E-state index in [4.69, 9.17) is 4.74 Å². The van der Waals surface area contributed by atoms with Crippen LogP contribution in [-0.2, 0) is 13.0 Å². The maximum atomic E-state index is 14.0. The number of para-hydroxylation sites is 2. The van der Waals surface area contributed by atoms with Crippen molar-refractivity contribution < 1.29 is 9.13 Å². The lowest BCUT2D eigenvalue weighted by Gasteiger charge is -2.32. The van der Waals surface area contributed by atoms with Gasteiger partial charge in [0.2, 0.25) is 0 Å². The van der Waals surface area contributed by atoms with Crippen molar-refractivity contribution in [3.8, 4) is 5.75 Å². The zero-order valence-corrected chi connectivity index (χ0v) is 18.8. The normalized spacial score (nSPS) is 18.0. The second-order valence-electron chi connectivity index (χ2n) is 8.96. The molecule has 2 aliphatic heterocycles. The van der Waals surface area contributed by atoms with Gasteiger partial charge in [0.1, 0.15) is 18.2 Å². The van der Waals surface area contributed by atoms with E-state index in [0.29, 0.717) is 12.6 Å². The molecule has 0 N–H and O–H groups in total. The first-order valence-corrected chi connectivity index (χ1v) is 11.4. The van der Waals surface area contributed by atoms with Gasteiger partial charge in [-0.3, -0.25) is 0 Å². The highest BCUT2D eigenvalue weighted by molar-refractivity contribution is 5.73. The smallest absolute Gasteiger partial charge is 0.143 e. The Hall–Kier alpha value is -3.05. The topological polar surface area (TPSA) is 19.0 Å². The predicted molar refractivity (Wildman–Crippen MR) is 129 cm³/mol. The first-order valence-electron chi connectivity index (χ1n) is 11.4. The van der Waals surface area contributed by atoms with Gasteiger partial charge in [0, 0.05) is 56.7 Å². The molecule has 0 aliphatic carbocycles. The number of benzene rings is 3. The van der Waals surface area contributed by atoms with E-state index in [0.717, 1.165) is 55.2 Å². The Balaban J connectivity index is 1.35. The fraction of sp³-hybridized carbons (Fsp3) is 0.333. The number of halogens is 1. The highest BCUT2D eigenvalue weighted by Crippen LogP contribution is 2.42. The van der Waals surface area contributed by atoms with Gasteiger partial charge in [-0.2, -0.15) is 0 Å². The lowest BCUT2D eigenvalue weighted by atomic mass is 10.1. The van der Waals surface area contributed by atoms with Crippen LogP contribution in [0.2, 0.25) is 0 Å². The minimum atomic E-state index is -0.216. The van der Waals surface area contributed by atoms with Crippen LogP contribution < -0.4 is 14.5 Å². The molecule has 4 nitrogen and oxygen atoms in total. The summed E-state index contributed by atoms with van der Waals surface area (Å²) in [6, 6.07) is 22.4. The van der Waals surface area contributed by atoms with E-state index in [1.807, 2.05) is 24.3 Å². The molecule has 3 aromatic carbocycles. The second-order valence-corrected chi connectivity index (χ2v) is 8.96. The van der Waals surface area contributed by atoms with Crippen LogP contribution in [-0.4, -0.2) is 44.7 Å². The van der Waals surface area contributed by atoms with Crippen molar-refractivity contribution in [2.24, 2.45) is 0 Å².